The zero-order chi connectivity index (χ0) is 13.0. The number of nitrogens with two attached hydrogens (primary N) is 1. The van der Waals surface area contributed by atoms with Crippen LogP contribution in [0, 0.1) is 0 Å². The fourth-order valence-corrected chi connectivity index (χ4v) is 2.15. The molecule has 2 N–H and O–H groups in total. The van der Waals surface area contributed by atoms with E-state index in [1.165, 1.54) is 7.11 Å². The van der Waals surface area contributed by atoms with Crippen molar-refractivity contribution < 1.29 is 14.3 Å². The lowest BCUT2D eigenvalue weighted by Crippen LogP contribution is -2.25. The molecule has 0 radical (unpaired) electrons. The smallest absolute Gasteiger partial charge is 0.360 e. The van der Waals surface area contributed by atoms with Crippen LogP contribution in [0.2, 0.25) is 0 Å². The van der Waals surface area contributed by atoms with Gasteiger partial charge in [0.15, 0.2) is 5.69 Å². The van der Waals surface area contributed by atoms with Crippen molar-refractivity contribution in [2.45, 2.75) is 25.3 Å². The van der Waals surface area contributed by atoms with Gasteiger partial charge in [0.1, 0.15) is 0 Å². The summed E-state index contributed by atoms with van der Waals surface area (Å²) in [6.07, 6.45) is 2.51. The standard InChI is InChI=1S/C11H18N4O3/c1-17-11(16)10-9(4-5-12)15(14-13-10)8-3-2-6-18-7-8/h8H,2-7,12H2,1H3. The van der Waals surface area contributed by atoms with Crippen LogP contribution in [0.3, 0.4) is 0 Å². The summed E-state index contributed by atoms with van der Waals surface area (Å²) >= 11 is 0. The van der Waals surface area contributed by atoms with Crippen molar-refractivity contribution in [3.8, 4) is 0 Å². The maximum atomic E-state index is 11.6. The second-order valence-corrected chi connectivity index (χ2v) is 4.23. The minimum absolute atomic E-state index is 0.131. The fourth-order valence-electron chi connectivity index (χ4n) is 2.15. The minimum Gasteiger partial charge on any atom is -0.464 e. The fraction of sp³-hybridized carbons (Fsp3) is 0.727. The molecule has 1 fully saturated rings. The molecule has 1 saturated heterocycles. The normalized spacial score (nSPS) is 19.8. The van der Waals surface area contributed by atoms with Crippen LogP contribution in [0.25, 0.3) is 0 Å². The Hall–Kier alpha value is -1.47. The first-order chi connectivity index (χ1) is 8.77. The van der Waals surface area contributed by atoms with Gasteiger partial charge in [-0.3, -0.25) is 0 Å². The van der Waals surface area contributed by atoms with E-state index in [0.717, 1.165) is 25.1 Å². The Balaban J connectivity index is 2.28. The third kappa shape index (κ3) is 2.51. The van der Waals surface area contributed by atoms with Gasteiger partial charge in [-0.25, -0.2) is 9.48 Å². The van der Waals surface area contributed by atoms with Crippen LogP contribution in [0.15, 0.2) is 0 Å². The lowest BCUT2D eigenvalue weighted by molar-refractivity contribution is 0.0529. The summed E-state index contributed by atoms with van der Waals surface area (Å²) < 4.78 is 11.9. The van der Waals surface area contributed by atoms with Crippen LogP contribution in [-0.2, 0) is 15.9 Å². The van der Waals surface area contributed by atoms with Crippen molar-refractivity contribution in [3.63, 3.8) is 0 Å². The van der Waals surface area contributed by atoms with E-state index in [1.54, 1.807) is 4.68 Å². The molecule has 1 unspecified atom stereocenters. The Morgan fingerprint density at radius 1 is 1.67 bits per heavy atom. The van der Waals surface area contributed by atoms with Crippen molar-refractivity contribution in [3.05, 3.63) is 11.4 Å². The zero-order valence-electron chi connectivity index (χ0n) is 10.5. The molecule has 2 heterocycles. The number of carbonyl (C=O) groups is 1. The molecule has 2 rings (SSSR count). The van der Waals surface area contributed by atoms with Crippen LogP contribution < -0.4 is 5.73 Å². The number of esters is 1. The Kier molecular flexibility index (Phi) is 4.27. The predicted octanol–water partition coefficient (Wildman–Crippen LogP) is -0.0826. The summed E-state index contributed by atoms with van der Waals surface area (Å²) in [5.41, 5.74) is 6.57. The van der Waals surface area contributed by atoms with E-state index in [0.29, 0.717) is 19.6 Å². The zero-order valence-corrected chi connectivity index (χ0v) is 10.5. The van der Waals surface area contributed by atoms with Gasteiger partial charge in [-0.05, 0) is 19.4 Å². The molecule has 0 aromatic carbocycles. The summed E-state index contributed by atoms with van der Waals surface area (Å²) in [6, 6.07) is 0.131. The van der Waals surface area contributed by atoms with Gasteiger partial charge in [-0.1, -0.05) is 5.21 Å². The van der Waals surface area contributed by atoms with Crippen LogP contribution in [0.1, 0.15) is 35.1 Å². The highest BCUT2D eigenvalue weighted by atomic mass is 16.5. The molecular weight excluding hydrogens is 236 g/mol. The van der Waals surface area contributed by atoms with Gasteiger partial charge >= 0.3 is 5.97 Å². The topological polar surface area (TPSA) is 92.3 Å². The molecule has 7 heteroatoms. The van der Waals surface area contributed by atoms with Gasteiger partial charge in [0.05, 0.1) is 25.5 Å². The lowest BCUT2D eigenvalue weighted by Gasteiger charge is -2.23. The first-order valence-electron chi connectivity index (χ1n) is 6.08. The van der Waals surface area contributed by atoms with Gasteiger partial charge in [-0.2, -0.15) is 0 Å². The largest absolute Gasteiger partial charge is 0.464 e. The number of hydrogen-bond acceptors (Lipinski definition) is 6. The Labute approximate surface area is 105 Å². The van der Waals surface area contributed by atoms with E-state index in [1.807, 2.05) is 0 Å². The second-order valence-electron chi connectivity index (χ2n) is 4.23. The SMILES string of the molecule is COC(=O)c1nnn(C2CCCOC2)c1CCN. The molecule has 1 aromatic rings. The summed E-state index contributed by atoms with van der Waals surface area (Å²) in [5.74, 6) is -0.471. The Bertz CT molecular complexity index is 412. The van der Waals surface area contributed by atoms with Crippen molar-refractivity contribution >= 4 is 5.97 Å². The molecule has 0 aliphatic carbocycles. The van der Waals surface area contributed by atoms with E-state index in [4.69, 9.17) is 15.2 Å². The average Bonchev–Trinajstić information content (AvgIpc) is 2.83. The highest BCUT2D eigenvalue weighted by Gasteiger charge is 2.25. The van der Waals surface area contributed by atoms with E-state index in [2.05, 4.69) is 10.3 Å². The molecule has 1 aliphatic rings. The highest BCUT2D eigenvalue weighted by Crippen LogP contribution is 2.21. The van der Waals surface area contributed by atoms with E-state index in [-0.39, 0.29) is 11.7 Å². The number of carbonyl (C=O) groups excluding carboxylic acids is 1. The first kappa shape index (κ1) is 13.0. The first-order valence-corrected chi connectivity index (χ1v) is 6.08. The predicted molar refractivity (Wildman–Crippen MR) is 63.2 cm³/mol. The van der Waals surface area contributed by atoms with Crippen LogP contribution in [0.5, 0.6) is 0 Å². The molecule has 0 saturated carbocycles. The van der Waals surface area contributed by atoms with Crippen molar-refractivity contribution in [1.29, 1.82) is 0 Å². The second kappa shape index (κ2) is 5.92. The maximum absolute atomic E-state index is 11.6. The third-order valence-corrected chi connectivity index (χ3v) is 3.03. The number of hydrogen-bond donors (Lipinski definition) is 1. The van der Waals surface area contributed by atoms with Crippen LogP contribution in [-0.4, -0.2) is 47.8 Å². The van der Waals surface area contributed by atoms with Crippen molar-refractivity contribution in [2.24, 2.45) is 5.73 Å². The third-order valence-electron chi connectivity index (χ3n) is 3.03. The van der Waals surface area contributed by atoms with Gasteiger partial charge in [0.2, 0.25) is 0 Å². The number of methoxy groups -OCH3 is 1. The Morgan fingerprint density at radius 3 is 3.11 bits per heavy atom. The molecule has 0 spiro atoms. The maximum Gasteiger partial charge on any atom is 0.360 e. The number of rotatable bonds is 4. The summed E-state index contributed by atoms with van der Waals surface area (Å²) in [5, 5.41) is 7.97. The van der Waals surface area contributed by atoms with Gasteiger partial charge < -0.3 is 15.2 Å². The Morgan fingerprint density at radius 2 is 2.50 bits per heavy atom. The van der Waals surface area contributed by atoms with Crippen LogP contribution >= 0.6 is 0 Å². The minimum atomic E-state index is -0.471. The average molecular weight is 254 g/mol. The molecule has 1 aromatic heterocycles. The summed E-state index contributed by atoms with van der Waals surface area (Å²) in [6.45, 7) is 1.81. The molecule has 100 valence electrons. The molecule has 1 atom stereocenters. The van der Waals surface area contributed by atoms with E-state index < -0.39 is 5.97 Å². The number of ether oxygens (including phenoxy) is 2. The molecule has 7 nitrogen and oxygen atoms in total. The molecule has 0 bridgehead atoms. The van der Waals surface area contributed by atoms with Crippen molar-refractivity contribution in [1.82, 2.24) is 15.0 Å². The molecule has 0 amide bonds. The quantitative estimate of drug-likeness (QED) is 0.755. The molecule has 1 aliphatic heterocycles. The lowest BCUT2D eigenvalue weighted by atomic mass is 10.1. The number of aromatic nitrogens is 3. The number of nitrogens with zero attached hydrogens (tertiary/aromatic N) is 3. The van der Waals surface area contributed by atoms with E-state index >= 15 is 0 Å². The van der Waals surface area contributed by atoms with Crippen LogP contribution in [0.4, 0.5) is 0 Å². The summed E-state index contributed by atoms with van der Waals surface area (Å²) in [4.78, 5) is 11.6. The molecular formula is C11H18N4O3. The molecule has 18 heavy (non-hydrogen) atoms. The summed E-state index contributed by atoms with van der Waals surface area (Å²) in [7, 11) is 1.33. The van der Waals surface area contributed by atoms with Gasteiger partial charge in [0.25, 0.3) is 0 Å². The van der Waals surface area contributed by atoms with E-state index in [9.17, 15) is 4.79 Å². The van der Waals surface area contributed by atoms with Crippen molar-refractivity contribution in [2.75, 3.05) is 26.9 Å². The van der Waals surface area contributed by atoms with Gasteiger partial charge in [-0.15, -0.1) is 5.10 Å². The van der Waals surface area contributed by atoms with Gasteiger partial charge in [0, 0.05) is 13.0 Å². The monoisotopic (exact) mass is 254 g/mol. The highest BCUT2D eigenvalue weighted by molar-refractivity contribution is 5.88.